The van der Waals surface area contributed by atoms with Crippen molar-refractivity contribution >= 4 is 21.5 Å². The molecule has 0 atom stereocenters. The minimum Gasteiger partial charge on any atom is -0.0625 e. The fraction of sp³-hybridized carbons (Fsp3) is 0.500. The summed E-state index contributed by atoms with van der Waals surface area (Å²) in [7, 11) is 0. The van der Waals surface area contributed by atoms with E-state index in [2.05, 4.69) is 111 Å². The summed E-state index contributed by atoms with van der Waals surface area (Å²) in [5.74, 6) is 1.17. The molecule has 0 bridgehead atoms. The lowest BCUT2D eigenvalue weighted by atomic mass is 9.73. The Morgan fingerprint density at radius 3 is 0.775 bits per heavy atom. The van der Waals surface area contributed by atoms with Crippen LogP contribution in [0.1, 0.15) is 106 Å². The van der Waals surface area contributed by atoms with Gasteiger partial charge in [-0.15, -0.1) is 0 Å². The molecule has 0 aliphatic rings. The zero-order valence-corrected chi connectivity index (χ0v) is 28.6. The van der Waals surface area contributed by atoms with Crippen LogP contribution in [-0.2, 0) is 12.8 Å². The quantitative estimate of drug-likeness (QED) is 0.239. The summed E-state index contributed by atoms with van der Waals surface area (Å²) in [4.78, 5) is 0. The van der Waals surface area contributed by atoms with E-state index in [-0.39, 0.29) is 0 Å². The normalized spacial score (nSPS) is 12.2. The van der Waals surface area contributed by atoms with Crippen LogP contribution in [0.4, 0.5) is 0 Å². The summed E-state index contributed by atoms with van der Waals surface area (Å²) in [5.41, 5.74) is 23.7. The maximum Gasteiger partial charge on any atom is -0.00583 e. The van der Waals surface area contributed by atoms with Crippen molar-refractivity contribution in [2.45, 2.75) is 124 Å². The van der Waals surface area contributed by atoms with Gasteiger partial charge in [0.2, 0.25) is 0 Å². The molecule has 0 nitrogen and oxygen atoms in total. The first-order valence-corrected chi connectivity index (χ1v) is 15.6. The molecule has 0 saturated heterocycles. The second-order valence-electron chi connectivity index (χ2n) is 13.9. The van der Waals surface area contributed by atoms with Crippen molar-refractivity contribution in [3.8, 4) is 11.1 Å². The van der Waals surface area contributed by atoms with Gasteiger partial charge in [0.25, 0.3) is 0 Å². The fourth-order valence-corrected chi connectivity index (χ4v) is 7.57. The molecule has 40 heavy (non-hydrogen) atoms. The predicted octanol–water partition coefficient (Wildman–Crippen LogP) is 11.8. The number of rotatable bonds is 5. The van der Waals surface area contributed by atoms with Crippen LogP contribution in [0.5, 0.6) is 0 Å². The third kappa shape index (κ3) is 4.42. The van der Waals surface area contributed by atoms with Gasteiger partial charge < -0.3 is 0 Å². The van der Waals surface area contributed by atoms with E-state index in [0.717, 1.165) is 12.8 Å². The monoisotopic (exact) mass is 534 g/mol. The molecule has 0 saturated carbocycles. The Labute approximate surface area is 245 Å². The Kier molecular flexibility index (Phi) is 8.09. The maximum atomic E-state index is 2.40. The minimum atomic E-state index is 0.584. The van der Waals surface area contributed by atoms with Crippen LogP contribution in [0.3, 0.4) is 0 Å². The topological polar surface area (TPSA) is 0 Å². The fourth-order valence-electron chi connectivity index (χ4n) is 7.57. The Morgan fingerprint density at radius 2 is 0.525 bits per heavy atom. The van der Waals surface area contributed by atoms with Crippen molar-refractivity contribution < 1.29 is 0 Å². The molecule has 0 heteroatoms. The lowest BCUT2D eigenvalue weighted by Crippen LogP contribution is -2.11. The highest BCUT2D eigenvalue weighted by atomic mass is 14.3. The number of hydrogen-bond acceptors (Lipinski definition) is 0. The zero-order chi connectivity index (χ0) is 30.1. The van der Waals surface area contributed by atoms with E-state index >= 15 is 0 Å². The van der Waals surface area contributed by atoms with Crippen LogP contribution in [0.25, 0.3) is 32.7 Å². The predicted molar refractivity (Wildman–Crippen MR) is 181 cm³/mol. The standard InChI is InChI=1S/C40H54/c1-19(2)17-33-25(9)31(15)35-27(11)21(5)23(7)29(13)37(35)39(33)40-34(18-20(3)4)26(10)32(16)36-28(12)22(6)24(8)30(14)38(36)40/h19-20H,17-18H2,1-16H3. The first-order chi connectivity index (χ1) is 18.5. The highest BCUT2D eigenvalue weighted by molar-refractivity contribution is 6.14. The molecule has 0 unspecified atom stereocenters. The minimum absolute atomic E-state index is 0.584. The Bertz CT molecular complexity index is 1560. The summed E-state index contributed by atoms with van der Waals surface area (Å²) >= 11 is 0. The number of fused-ring (bicyclic) bond motifs is 2. The summed E-state index contributed by atoms with van der Waals surface area (Å²) in [6.07, 6.45) is 2.20. The Morgan fingerprint density at radius 1 is 0.300 bits per heavy atom. The molecule has 0 amide bonds. The molecule has 0 spiro atoms. The average molecular weight is 535 g/mol. The van der Waals surface area contributed by atoms with Crippen molar-refractivity contribution in [2.24, 2.45) is 11.8 Å². The molecule has 4 rings (SSSR count). The van der Waals surface area contributed by atoms with Gasteiger partial charge in [-0.3, -0.25) is 0 Å². The van der Waals surface area contributed by atoms with E-state index in [1.807, 2.05) is 0 Å². The van der Waals surface area contributed by atoms with E-state index < -0.39 is 0 Å². The van der Waals surface area contributed by atoms with E-state index in [0.29, 0.717) is 11.8 Å². The molecular formula is C40H54. The smallest absolute Gasteiger partial charge is 0.00583 e. The second kappa shape index (κ2) is 10.7. The highest BCUT2D eigenvalue weighted by Crippen LogP contribution is 2.49. The molecular weight excluding hydrogens is 480 g/mol. The summed E-state index contributed by atoms with van der Waals surface area (Å²) in [6.45, 7) is 37.9. The lowest BCUT2D eigenvalue weighted by Gasteiger charge is -2.30. The van der Waals surface area contributed by atoms with E-state index in [1.165, 1.54) is 99.4 Å². The number of benzene rings is 4. The first-order valence-electron chi connectivity index (χ1n) is 15.6. The summed E-state index contributed by atoms with van der Waals surface area (Å²) in [5, 5.41) is 5.98. The van der Waals surface area contributed by atoms with Gasteiger partial charge in [0, 0.05) is 0 Å². The molecule has 0 aliphatic carbocycles. The van der Waals surface area contributed by atoms with Crippen molar-refractivity contribution in [1.82, 2.24) is 0 Å². The summed E-state index contributed by atoms with van der Waals surface area (Å²) < 4.78 is 0. The van der Waals surface area contributed by atoms with Crippen molar-refractivity contribution in [3.05, 3.63) is 77.9 Å². The SMILES string of the molecule is Cc1c(C)c(C)c2c(-c3c(CC(C)C)c(C)c(C)c4c(C)c(C)c(C)c(C)c34)c(CC(C)C)c(C)c(C)c2c1C. The average Bonchev–Trinajstić information content (AvgIpc) is 2.88. The van der Waals surface area contributed by atoms with Gasteiger partial charge >= 0.3 is 0 Å². The van der Waals surface area contributed by atoms with Gasteiger partial charge in [-0.25, -0.2) is 0 Å². The number of hydrogen-bond donors (Lipinski definition) is 0. The maximum absolute atomic E-state index is 2.40. The van der Waals surface area contributed by atoms with Crippen LogP contribution in [-0.4, -0.2) is 0 Å². The van der Waals surface area contributed by atoms with Crippen LogP contribution in [0.15, 0.2) is 0 Å². The molecule has 0 aromatic heterocycles. The van der Waals surface area contributed by atoms with Gasteiger partial charge in [-0.05, 0) is 218 Å². The largest absolute Gasteiger partial charge is 0.0625 e. The Balaban J connectivity index is 2.52. The molecule has 0 aliphatic heterocycles. The first kappa shape index (κ1) is 30.4. The molecule has 4 aromatic carbocycles. The summed E-state index contributed by atoms with van der Waals surface area (Å²) in [6, 6.07) is 0. The highest BCUT2D eigenvalue weighted by Gasteiger charge is 2.28. The van der Waals surface area contributed by atoms with E-state index in [9.17, 15) is 0 Å². The van der Waals surface area contributed by atoms with Gasteiger partial charge in [-0.1, -0.05) is 27.7 Å². The van der Waals surface area contributed by atoms with E-state index in [1.54, 1.807) is 11.1 Å². The van der Waals surface area contributed by atoms with E-state index in [4.69, 9.17) is 0 Å². The van der Waals surface area contributed by atoms with Gasteiger partial charge in [0.15, 0.2) is 0 Å². The van der Waals surface area contributed by atoms with Crippen LogP contribution in [0.2, 0.25) is 0 Å². The van der Waals surface area contributed by atoms with Crippen molar-refractivity contribution in [3.63, 3.8) is 0 Å². The molecule has 0 radical (unpaired) electrons. The van der Waals surface area contributed by atoms with Crippen molar-refractivity contribution in [1.29, 1.82) is 0 Å². The second-order valence-corrected chi connectivity index (χ2v) is 13.9. The van der Waals surface area contributed by atoms with Gasteiger partial charge in [-0.2, -0.15) is 0 Å². The molecule has 4 aromatic rings. The van der Waals surface area contributed by atoms with Gasteiger partial charge in [0.1, 0.15) is 0 Å². The van der Waals surface area contributed by atoms with Crippen molar-refractivity contribution in [2.75, 3.05) is 0 Å². The van der Waals surface area contributed by atoms with Crippen LogP contribution in [0, 0.1) is 94.9 Å². The molecule has 0 heterocycles. The Hall–Kier alpha value is -2.60. The number of aryl methyl sites for hydroxylation is 6. The van der Waals surface area contributed by atoms with Crippen LogP contribution < -0.4 is 0 Å². The lowest BCUT2D eigenvalue weighted by molar-refractivity contribution is 0.642. The van der Waals surface area contributed by atoms with Crippen LogP contribution >= 0.6 is 0 Å². The third-order valence-electron chi connectivity index (χ3n) is 10.7. The zero-order valence-electron chi connectivity index (χ0n) is 28.6. The molecule has 214 valence electrons. The molecule has 0 N–H and O–H groups in total. The molecule has 0 fully saturated rings. The third-order valence-corrected chi connectivity index (χ3v) is 10.7. The van der Waals surface area contributed by atoms with Gasteiger partial charge in [0.05, 0.1) is 0 Å².